The van der Waals surface area contributed by atoms with Gasteiger partial charge in [0.2, 0.25) is 5.91 Å². The lowest BCUT2D eigenvalue weighted by Crippen LogP contribution is -2.52. The Bertz CT molecular complexity index is 1170. The third-order valence-electron chi connectivity index (χ3n) is 6.44. The Morgan fingerprint density at radius 2 is 1.74 bits per heavy atom. The van der Waals surface area contributed by atoms with Crippen LogP contribution in [0.4, 0.5) is 10.2 Å². The highest BCUT2D eigenvalue weighted by molar-refractivity contribution is 5.91. The Morgan fingerprint density at radius 3 is 2.32 bits per heavy atom. The van der Waals surface area contributed by atoms with E-state index in [1.54, 1.807) is 16.8 Å². The smallest absolute Gasteiger partial charge is 0.228 e. The van der Waals surface area contributed by atoms with Gasteiger partial charge in [0.25, 0.3) is 0 Å². The first-order valence-corrected chi connectivity index (χ1v) is 12.2. The van der Waals surface area contributed by atoms with Gasteiger partial charge in [0.15, 0.2) is 5.65 Å². The van der Waals surface area contributed by atoms with Crippen molar-refractivity contribution in [3.05, 3.63) is 41.6 Å². The third kappa shape index (κ3) is 4.63. The Morgan fingerprint density at radius 1 is 1.09 bits per heavy atom. The molecule has 2 aromatic heterocycles. The van der Waals surface area contributed by atoms with Crippen LogP contribution in [0.2, 0.25) is 0 Å². The van der Waals surface area contributed by atoms with Gasteiger partial charge >= 0.3 is 0 Å². The first-order chi connectivity index (χ1) is 16.1. The first-order valence-electron chi connectivity index (χ1n) is 12.2. The van der Waals surface area contributed by atoms with E-state index in [2.05, 4.69) is 18.7 Å². The predicted molar refractivity (Wildman–Crippen MR) is 133 cm³/mol. The zero-order valence-corrected chi connectivity index (χ0v) is 21.1. The Hall–Kier alpha value is -3.03. The number of rotatable bonds is 5. The van der Waals surface area contributed by atoms with Crippen LogP contribution >= 0.6 is 0 Å². The molecule has 0 bridgehead atoms. The fraction of sp³-hybridized carbons (Fsp3) is 0.538. The maximum absolute atomic E-state index is 13.6. The lowest BCUT2D eigenvalue weighted by molar-refractivity contribution is -0.139. The maximum atomic E-state index is 13.6. The van der Waals surface area contributed by atoms with E-state index in [-0.39, 0.29) is 23.1 Å². The Labute approximate surface area is 201 Å². The maximum Gasteiger partial charge on any atom is 0.228 e. The van der Waals surface area contributed by atoms with E-state index in [0.717, 1.165) is 46.9 Å². The molecule has 0 radical (unpaired) electrons. The number of amides is 1. The van der Waals surface area contributed by atoms with Gasteiger partial charge in [-0.2, -0.15) is 5.10 Å². The summed E-state index contributed by atoms with van der Waals surface area (Å²) in [6.45, 7) is 14.9. The van der Waals surface area contributed by atoms with Gasteiger partial charge in [0, 0.05) is 37.5 Å². The van der Waals surface area contributed by atoms with Crippen molar-refractivity contribution in [1.29, 1.82) is 0 Å². The minimum Gasteiger partial charge on any atom is -0.352 e. The molecule has 0 saturated carbocycles. The number of aryl methyl sites for hydroxylation is 1. The summed E-state index contributed by atoms with van der Waals surface area (Å²) in [7, 11) is 0. The van der Waals surface area contributed by atoms with Crippen molar-refractivity contribution < 1.29 is 9.18 Å². The highest BCUT2D eigenvalue weighted by Crippen LogP contribution is 2.32. The third-order valence-corrected chi connectivity index (χ3v) is 6.44. The summed E-state index contributed by atoms with van der Waals surface area (Å²) in [6, 6.07) is 6.31. The largest absolute Gasteiger partial charge is 0.352 e. The molecule has 3 heterocycles. The number of halogens is 1. The number of hydrogen-bond donors (Lipinski definition) is 0. The van der Waals surface area contributed by atoms with Crippen LogP contribution in [0.1, 0.15) is 64.9 Å². The van der Waals surface area contributed by atoms with Crippen LogP contribution in [0.5, 0.6) is 0 Å². The molecule has 1 aliphatic rings. The van der Waals surface area contributed by atoms with Crippen molar-refractivity contribution in [3.63, 3.8) is 0 Å². The molecule has 182 valence electrons. The molecule has 1 aromatic carbocycles. The highest BCUT2D eigenvalue weighted by Gasteiger charge is 2.31. The molecule has 1 saturated heterocycles. The summed E-state index contributed by atoms with van der Waals surface area (Å²) in [5, 5.41) is 5.68. The number of hydrogen-bond acceptors (Lipinski definition) is 5. The number of fused-ring (bicyclic) bond motifs is 1. The van der Waals surface area contributed by atoms with Gasteiger partial charge < -0.3 is 9.80 Å². The van der Waals surface area contributed by atoms with E-state index < -0.39 is 0 Å². The van der Waals surface area contributed by atoms with E-state index in [4.69, 9.17) is 15.1 Å². The number of carbonyl (C=O) groups is 1. The monoisotopic (exact) mass is 466 g/mol. The van der Waals surface area contributed by atoms with E-state index in [0.29, 0.717) is 26.2 Å². The van der Waals surface area contributed by atoms with Crippen LogP contribution in [-0.2, 0) is 4.79 Å². The average molecular weight is 467 g/mol. The van der Waals surface area contributed by atoms with Gasteiger partial charge in [0.05, 0.1) is 16.8 Å². The molecule has 1 fully saturated rings. The summed E-state index contributed by atoms with van der Waals surface area (Å²) >= 11 is 0. The summed E-state index contributed by atoms with van der Waals surface area (Å²) in [5.74, 6) is 1.76. The van der Waals surface area contributed by atoms with Crippen molar-refractivity contribution >= 4 is 22.8 Å². The lowest BCUT2D eigenvalue weighted by atomic mass is 9.94. The van der Waals surface area contributed by atoms with Crippen LogP contribution < -0.4 is 4.90 Å². The fourth-order valence-corrected chi connectivity index (χ4v) is 4.55. The van der Waals surface area contributed by atoms with Crippen molar-refractivity contribution in [1.82, 2.24) is 24.6 Å². The standard InChI is InChI=1S/C26H35FN6O/c1-7-8-17(2)22-28-23(31-13-15-32(16-14-31)25(34)26(4,5)6)21-18(3)30-33(24(21)29-22)20-11-9-19(27)10-12-20/h9-12,17H,7-8,13-16H2,1-6H3. The topological polar surface area (TPSA) is 67.2 Å². The number of piperazine rings is 1. The molecule has 4 rings (SSSR count). The van der Waals surface area contributed by atoms with Crippen molar-refractivity contribution in [2.75, 3.05) is 31.1 Å². The van der Waals surface area contributed by atoms with E-state index in [1.165, 1.54) is 12.1 Å². The van der Waals surface area contributed by atoms with E-state index in [1.807, 2.05) is 32.6 Å². The second kappa shape index (κ2) is 9.31. The molecule has 0 aliphatic carbocycles. The number of benzene rings is 1. The number of nitrogens with zero attached hydrogens (tertiary/aromatic N) is 6. The summed E-state index contributed by atoms with van der Waals surface area (Å²) in [4.78, 5) is 27.0. The normalized spacial score (nSPS) is 15.7. The van der Waals surface area contributed by atoms with Crippen LogP contribution in [0.3, 0.4) is 0 Å². The van der Waals surface area contributed by atoms with Gasteiger partial charge in [-0.25, -0.2) is 19.0 Å². The minimum atomic E-state index is -0.389. The molecule has 1 atom stereocenters. The molecule has 1 amide bonds. The van der Waals surface area contributed by atoms with Crippen LogP contribution in [0.25, 0.3) is 16.7 Å². The van der Waals surface area contributed by atoms with Gasteiger partial charge in [-0.15, -0.1) is 0 Å². The first kappa shape index (κ1) is 24.1. The molecule has 34 heavy (non-hydrogen) atoms. The Balaban J connectivity index is 1.77. The van der Waals surface area contributed by atoms with E-state index >= 15 is 0 Å². The lowest BCUT2D eigenvalue weighted by Gasteiger charge is -2.38. The van der Waals surface area contributed by atoms with Gasteiger partial charge in [-0.05, 0) is 37.6 Å². The minimum absolute atomic E-state index is 0.178. The molecular formula is C26H35FN6O. The van der Waals surface area contributed by atoms with Gasteiger partial charge in [-0.3, -0.25) is 4.79 Å². The number of carbonyl (C=O) groups excluding carboxylic acids is 1. The molecule has 8 heteroatoms. The zero-order chi connectivity index (χ0) is 24.6. The second-order valence-electron chi connectivity index (χ2n) is 10.3. The summed E-state index contributed by atoms with van der Waals surface area (Å²) in [6.07, 6.45) is 2.03. The summed E-state index contributed by atoms with van der Waals surface area (Å²) < 4.78 is 15.3. The van der Waals surface area contributed by atoms with Crippen molar-refractivity contribution in [2.45, 2.75) is 60.3 Å². The van der Waals surface area contributed by atoms with Gasteiger partial charge in [0.1, 0.15) is 17.5 Å². The van der Waals surface area contributed by atoms with Crippen LogP contribution in [0.15, 0.2) is 24.3 Å². The molecule has 7 nitrogen and oxygen atoms in total. The predicted octanol–water partition coefficient (Wildman–Crippen LogP) is 4.86. The molecule has 0 N–H and O–H groups in total. The van der Waals surface area contributed by atoms with Crippen molar-refractivity contribution in [2.24, 2.45) is 5.41 Å². The summed E-state index contributed by atoms with van der Waals surface area (Å²) in [5.41, 5.74) is 1.94. The van der Waals surface area contributed by atoms with E-state index in [9.17, 15) is 9.18 Å². The second-order valence-corrected chi connectivity index (χ2v) is 10.3. The molecule has 1 aliphatic heterocycles. The average Bonchev–Trinajstić information content (AvgIpc) is 3.14. The molecule has 0 spiro atoms. The molecular weight excluding hydrogens is 431 g/mol. The SMILES string of the molecule is CCCC(C)c1nc(N2CCN(C(=O)C(C)(C)C)CC2)c2c(C)nn(-c3ccc(F)cc3)c2n1. The molecule has 3 aromatic rings. The van der Waals surface area contributed by atoms with Crippen LogP contribution in [0, 0.1) is 18.2 Å². The van der Waals surface area contributed by atoms with Gasteiger partial charge in [-0.1, -0.05) is 41.0 Å². The van der Waals surface area contributed by atoms with Crippen LogP contribution in [-0.4, -0.2) is 56.7 Å². The fourth-order valence-electron chi connectivity index (χ4n) is 4.55. The quantitative estimate of drug-likeness (QED) is 0.537. The number of anilines is 1. The number of aromatic nitrogens is 4. The van der Waals surface area contributed by atoms with Crippen molar-refractivity contribution in [3.8, 4) is 5.69 Å². The highest BCUT2D eigenvalue weighted by atomic mass is 19.1. The Kier molecular flexibility index (Phi) is 6.60. The zero-order valence-electron chi connectivity index (χ0n) is 21.1. The molecule has 1 unspecified atom stereocenters.